The minimum atomic E-state index is -0.204. The van der Waals surface area contributed by atoms with Crippen molar-refractivity contribution in [3.05, 3.63) is 77.6 Å². The van der Waals surface area contributed by atoms with E-state index in [1.165, 1.54) is 12.4 Å². The third kappa shape index (κ3) is 4.36. The average Bonchev–Trinajstić information content (AvgIpc) is 2.68. The largest absolute Gasteiger partial charge is 0.497 e. The van der Waals surface area contributed by atoms with Crippen LogP contribution in [-0.2, 0) is 6.54 Å². The molecule has 1 amide bonds. The van der Waals surface area contributed by atoms with Crippen LogP contribution in [0.2, 0.25) is 0 Å². The van der Waals surface area contributed by atoms with Crippen LogP contribution in [0.4, 0.5) is 11.6 Å². The maximum Gasteiger partial charge on any atom is 0.254 e. The lowest BCUT2D eigenvalue weighted by Crippen LogP contribution is -2.23. The summed E-state index contributed by atoms with van der Waals surface area (Å²) in [5.41, 5.74) is 3.48. The molecule has 0 spiro atoms. The first-order valence-corrected chi connectivity index (χ1v) is 8.21. The molecule has 6 nitrogen and oxygen atoms in total. The number of amides is 1. The molecule has 132 valence electrons. The molecule has 0 atom stereocenters. The predicted octanol–water partition coefficient (Wildman–Crippen LogP) is 3.47. The Bertz CT molecular complexity index is 877. The van der Waals surface area contributed by atoms with E-state index in [-0.39, 0.29) is 5.91 Å². The van der Waals surface area contributed by atoms with Gasteiger partial charge in [-0.1, -0.05) is 24.3 Å². The molecule has 0 aliphatic heterocycles. The first kappa shape index (κ1) is 17.4. The summed E-state index contributed by atoms with van der Waals surface area (Å²) in [7, 11) is 1.62. The van der Waals surface area contributed by atoms with Gasteiger partial charge in [-0.25, -0.2) is 9.97 Å². The standard InChI is InChI=1S/C20H20N4O2/c1-14-5-3-4-6-15(14)11-21-19(25)16-12-22-20(23-13-16)24-17-7-9-18(26-2)10-8-17/h3-10,12-13H,11H2,1-2H3,(H,21,25)(H,22,23,24). The number of methoxy groups -OCH3 is 1. The summed E-state index contributed by atoms with van der Waals surface area (Å²) in [6.45, 7) is 2.49. The number of hydrogen-bond donors (Lipinski definition) is 2. The first-order valence-electron chi connectivity index (χ1n) is 8.21. The van der Waals surface area contributed by atoms with Gasteiger partial charge in [-0.05, 0) is 42.3 Å². The summed E-state index contributed by atoms with van der Waals surface area (Å²) in [4.78, 5) is 20.6. The molecule has 6 heteroatoms. The lowest BCUT2D eigenvalue weighted by Gasteiger charge is -2.08. The van der Waals surface area contributed by atoms with Crippen LogP contribution in [0, 0.1) is 6.92 Å². The maximum atomic E-state index is 12.2. The third-order valence-corrected chi connectivity index (χ3v) is 3.96. The van der Waals surface area contributed by atoms with Gasteiger partial charge in [0.1, 0.15) is 5.75 Å². The van der Waals surface area contributed by atoms with E-state index in [9.17, 15) is 4.79 Å². The molecule has 0 radical (unpaired) electrons. The highest BCUT2D eigenvalue weighted by Crippen LogP contribution is 2.17. The van der Waals surface area contributed by atoms with E-state index in [0.717, 1.165) is 22.6 Å². The molecule has 3 rings (SSSR count). The van der Waals surface area contributed by atoms with Crippen LogP contribution in [0.25, 0.3) is 0 Å². The number of carbonyl (C=O) groups is 1. The average molecular weight is 348 g/mol. The topological polar surface area (TPSA) is 76.1 Å². The van der Waals surface area contributed by atoms with Crippen molar-refractivity contribution < 1.29 is 9.53 Å². The van der Waals surface area contributed by atoms with Gasteiger partial charge in [-0.2, -0.15) is 0 Å². The van der Waals surface area contributed by atoms with E-state index in [2.05, 4.69) is 20.6 Å². The van der Waals surface area contributed by atoms with Crippen molar-refractivity contribution in [1.82, 2.24) is 15.3 Å². The summed E-state index contributed by atoms with van der Waals surface area (Å²) in [5, 5.41) is 5.96. The number of aryl methyl sites for hydroxylation is 1. The molecule has 0 bridgehead atoms. The number of rotatable bonds is 6. The second-order valence-corrected chi connectivity index (χ2v) is 5.76. The number of carbonyl (C=O) groups excluding carboxylic acids is 1. The van der Waals surface area contributed by atoms with Gasteiger partial charge in [-0.15, -0.1) is 0 Å². The zero-order valence-corrected chi connectivity index (χ0v) is 14.7. The van der Waals surface area contributed by atoms with Crippen molar-refractivity contribution >= 4 is 17.5 Å². The van der Waals surface area contributed by atoms with Crippen LogP contribution < -0.4 is 15.4 Å². The number of hydrogen-bond acceptors (Lipinski definition) is 5. The zero-order valence-electron chi connectivity index (χ0n) is 14.7. The highest BCUT2D eigenvalue weighted by Gasteiger charge is 2.08. The van der Waals surface area contributed by atoms with Gasteiger partial charge in [0, 0.05) is 24.6 Å². The number of aromatic nitrogens is 2. The van der Waals surface area contributed by atoms with Crippen LogP contribution in [-0.4, -0.2) is 23.0 Å². The van der Waals surface area contributed by atoms with Gasteiger partial charge < -0.3 is 15.4 Å². The van der Waals surface area contributed by atoms with Crippen LogP contribution in [0.15, 0.2) is 60.9 Å². The van der Waals surface area contributed by atoms with Gasteiger partial charge in [0.2, 0.25) is 5.95 Å². The minimum Gasteiger partial charge on any atom is -0.497 e. The van der Waals surface area contributed by atoms with E-state index in [4.69, 9.17) is 4.74 Å². The Morgan fingerprint density at radius 2 is 1.73 bits per heavy atom. The molecule has 0 fully saturated rings. The van der Waals surface area contributed by atoms with Crippen molar-refractivity contribution in [2.45, 2.75) is 13.5 Å². The molecule has 26 heavy (non-hydrogen) atoms. The highest BCUT2D eigenvalue weighted by atomic mass is 16.5. The van der Waals surface area contributed by atoms with Crippen LogP contribution in [0.5, 0.6) is 5.75 Å². The van der Waals surface area contributed by atoms with Crippen molar-refractivity contribution in [2.75, 3.05) is 12.4 Å². The molecule has 0 aliphatic rings. The molecule has 2 N–H and O–H groups in total. The fourth-order valence-corrected chi connectivity index (χ4v) is 2.40. The van der Waals surface area contributed by atoms with E-state index < -0.39 is 0 Å². The molecule has 3 aromatic rings. The Morgan fingerprint density at radius 3 is 2.38 bits per heavy atom. The summed E-state index contributed by atoms with van der Waals surface area (Å²) in [5.74, 6) is 0.993. The van der Waals surface area contributed by atoms with Crippen LogP contribution in [0.1, 0.15) is 21.5 Å². The Morgan fingerprint density at radius 1 is 1.04 bits per heavy atom. The number of nitrogens with one attached hydrogen (secondary N) is 2. The molecule has 1 aromatic heterocycles. The number of nitrogens with zero attached hydrogens (tertiary/aromatic N) is 2. The molecular formula is C20H20N4O2. The number of benzene rings is 2. The highest BCUT2D eigenvalue weighted by molar-refractivity contribution is 5.93. The van der Waals surface area contributed by atoms with Gasteiger partial charge in [0.25, 0.3) is 5.91 Å². The van der Waals surface area contributed by atoms with Gasteiger partial charge in [-0.3, -0.25) is 4.79 Å². The van der Waals surface area contributed by atoms with E-state index >= 15 is 0 Å². The smallest absolute Gasteiger partial charge is 0.254 e. The summed E-state index contributed by atoms with van der Waals surface area (Å²) < 4.78 is 5.12. The maximum absolute atomic E-state index is 12.2. The fourth-order valence-electron chi connectivity index (χ4n) is 2.40. The van der Waals surface area contributed by atoms with Crippen molar-refractivity contribution in [3.63, 3.8) is 0 Å². The van der Waals surface area contributed by atoms with Gasteiger partial charge >= 0.3 is 0 Å². The van der Waals surface area contributed by atoms with E-state index in [0.29, 0.717) is 18.1 Å². The Hall–Kier alpha value is -3.41. The first-order chi connectivity index (χ1) is 12.7. The molecule has 1 heterocycles. The number of ether oxygens (including phenoxy) is 1. The Balaban J connectivity index is 1.59. The second kappa shape index (κ2) is 8.11. The summed E-state index contributed by atoms with van der Waals surface area (Å²) in [6.07, 6.45) is 3.01. The molecule has 2 aromatic carbocycles. The summed E-state index contributed by atoms with van der Waals surface area (Å²) >= 11 is 0. The molecular weight excluding hydrogens is 328 g/mol. The Kier molecular flexibility index (Phi) is 5.43. The molecule has 0 saturated heterocycles. The zero-order chi connectivity index (χ0) is 18.4. The van der Waals surface area contributed by atoms with Crippen LogP contribution >= 0.6 is 0 Å². The van der Waals surface area contributed by atoms with Crippen molar-refractivity contribution in [3.8, 4) is 5.75 Å². The number of anilines is 2. The Labute approximate surface area is 152 Å². The summed E-state index contributed by atoms with van der Waals surface area (Å²) in [6, 6.07) is 15.4. The van der Waals surface area contributed by atoms with Gasteiger partial charge in [0.15, 0.2) is 0 Å². The lowest BCUT2D eigenvalue weighted by molar-refractivity contribution is 0.0950. The lowest BCUT2D eigenvalue weighted by atomic mass is 10.1. The van der Waals surface area contributed by atoms with Gasteiger partial charge in [0.05, 0.1) is 12.7 Å². The minimum absolute atomic E-state index is 0.204. The molecule has 0 unspecified atom stereocenters. The third-order valence-electron chi connectivity index (χ3n) is 3.96. The molecule has 0 saturated carbocycles. The fraction of sp³-hybridized carbons (Fsp3) is 0.150. The quantitative estimate of drug-likeness (QED) is 0.713. The second-order valence-electron chi connectivity index (χ2n) is 5.76. The SMILES string of the molecule is COc1ccc(Nc2ncc(C(=O)NCc3ccccc3C)cn2)cc1. The predicted molar refractivity (Wildman–Crippen MR) is 101 cm³/mol. The van der Waals surface area contributed by atoms with Crippen molar-refractivity contribution in [1.29, 1.82) is 0 Å². The van der Waals surface area contributed by atoms with E-state index in [1.54, 1.807) is 7.11 Å². The van der Waals surface area contributed by atoms with Crippen LogP contribution in [0.3, 0.4) is 0 Å². The van der Waals surface area contributed by atoms with Crippen molar-refractivity contribution in [2.24, 2.45) is 0 Å². The molecule has 0 aliphatic carbocycles. The van der Waals surface area contributed by atoms with E-state index in [1.807, 2.05) is 55.5 Å². The normalized spacial score (nSPS) is 10.2. The monoisotopic (exact) mass is 348 g/mol.